The maximum Gasteiger partial charge on any atom is 1.00 e. The predicted molar refractivity (Wildman–Crippen MR) is 25.2 cm³/mol. The van der Waals surface area contributed by atoms with Crippen molar-refractivity contribution in [2.45, 2.75) is 0 Å². The fraction of sp³-hybridized carbons (Fsp3) is 0. The molecular formula is CH2NNaO2S2Zn. The Morgan fingerprint density at radius 3 is 1.62 bits per heavy atom. The van der Waals surface area contributed by atoms with Crippen LogP contribution in [0.1, 0.15) is 0 Å². The molecule has 0 aliphatic rings. The van der Waals surface area contributed by atoms with Crippen LogP contribution in [0, 0.1) is 0 Å². The zero-order valence-electron chi connectivity index (χ0n) is 4.37. The van der Waals surface area contributed by atoms with Crippen molar-refractivity contribution in [2.24, 2.45) is 0 Å². The molecule has 0 unspecified atom stereocenters. The molecule has 0 aromatic heterocycles. The molecule has 0 bridgehead atoms. The summed E-state index contributed by atoms with van der Waals surface area (Å²) < 4.78 is 0.361. The third kappa shape index (κ3) is 10.6. The Kier molecular flexibility index (Phi) is 17.5. The van der Waals surface area contributed by atoms with Gasteiger partial charge in [-0.3, -0.25) is 0 Å². The minimum Gasteiger partial charge on any atom is -0.529 e. The molecule has 8 heavy (non-hydrogen) atoms. The average molecular weight is 213 g/mol. The minimum absolute atomic E-state index is 0. The second-order valence-electron chi connectivity index (χ2n) is 0.555. The number of rotatable bonds is 0. The summed E-state index contributed by atoms with van der Waals surface area (Å²) >= 11 is 6.46. The van der Waals surface area contributed by atoms with Crippen LogP contribution in [0.3, 0.4) is 0 Å². The summed E-state index contributed by atoms with van der Waals surface area (Å²) in [6, 6.07) is 0. The molecule has 0 heterocycles. The SMILES string of the molecule is O=C([O-])N(S)S.[Na+].[Zn]. The molecule has 38 valence electrons. The molecule has 0 saturated heterocycles. The topological polar surface area (TPSA) is 43.4 Å². The van der Waals surface area contributed by atoms with Gasteiger partial charge in [-0.05, 0) is 0 Å². The number of nitrogens with zero attached hydrogens (tertiary/aromatic N) is 1. The number of amides is 1. The largest absolute Gasteiger partial charge is 1.00 e. The maximum absolute atomic E-state index is 9.36. The molecule has 1 amide bonds. The molecule has 0 spiro atoms. The first-order valence-corrected chi connectivity index (χ1v) is 1.83. The summed E-state index contributed by atoms with van der Waals surface area (Å²) in [6.07, 6.45) is -1.43. The van der Waals surface area contributed by atoms with E-state index in [1.807, 2.05) is 0 Å². The first kappa shape index (κ1) is 16.3. The van der Waals surface area contributed by atoms with E-state index < -0.39 is 6.09 Å². The Morgan fingerprint density at radius 1 is 1.50 bits per heavy atom. The minimum atomic E-state index is -1.43. The van der Waals surface area contributed by atoms with E-state index in [1.165, 1.54) is 0 Å². The summed E-state index contributed by atoms with van der Waals surface area (Å²) in [5, 5.41) is 9.36. The molecule has 0 N–H and O–H groups in total. The smallest absolute Gasteiger partial charge is 0.529 e. The summed E-state index contributed by atoms with van der Waals surface area (Å²) in [6.45, 7) is 0. The van der Waals surface area contributed by atoms with Gasteiger partial charge in [0.1, 0.15) is 0 Å². The third-order valence-corrected chi connectivity index (χ3v) is 0.490. The van der Waals surface area contributed by atoms with Crippen molar-refractivity contribution in [3.63, 3.8) is 0 Å². The van der Waals surface area contributed by atoms with Crippen molar-refractivity contribution in [2.75, 3.05) is 0 Å². The van der Waals surface area contributed by atoms with E-state index in [9.17, 15) is 9.90 Å². The molecule has 0 saturated carbocycles. The first-order valence-electron chi connectivity index (χ1n) is 1.03. The van der Waals surface area contributed by atoms with Crippen molar-refractivity contribution < 1.29 is 58.9 Å². The normalized spacial score (nSPS) is 5.75. The molecule has 0 aliphatic carbocycles. The van der Waals surface area contributed by atoms with Crippen molar-refractivity contribution in [1.29, 1.82) is 0 Å². The van der Waals surface area contributed by atoms with E-state index in [2.05, 4.69) is 25.6 Å². The molecule has 0 rings (SSSR count). The van der Waals surface area contributed by atoms with Gasteiger partial charge in [0.25, 0.3) is 0 Å². The third-order valence-electron chi connectivity index (χ3n) is 0.163. The quantitative estimate of drug-likeness (QED) is 0.321. The molecule has 7 heteroatoms. The number of carbonyl (C=O) groups excluding carboxylic acids is 1. The van der Waals surface area contributed by atoms with Gasteiger partial charge in [0.05, 0.1) is 0 Å². The van der Waals surface area contributed by atoms with Crippen molar-refractivity contribution in [3.8, 4) is 0 Å². The fourth-order valence-corrected chi connectivity index (χ4v) is 0. The van der Waals surface area contributed by atoms with Crippen LogP contribution >= 0.6 is 25.6 Å². The van der Waals surface area contributed by atoms with Crippen molar-refractivity contribution >= 4 is 31.7 Å². The Balaban J connectivity index is -0.000000125. The van der Waals surface area contributed by atoms with Gasteiger partial charge in [-0.2, -0.15) is 0 Å². The summed E-state index contributed by atoms with van der Waals surface area (Å²) in [7, 11) is 0. The van der Waals surface area contributed by atoms with Crippen LogP contribution in [0.25, 0.3) is 0 Å². The van der Waals surface area contributed by atoms with E-state index in [-0.39, 0.29) is 49.0 Å². The van der Waals surface area contributed by atoms with E-state index in [4.69, 9.17) is 0 Å². The van der Waals surface area contributed by atoms with Gasteiger partial charge in [0.15, 0.2) is 6.09 Å². The first-order chi connectivity index (χ1) is 2.64. The zero-order chi connectivity index (χ0) is 5.15. The number of hydrogen-bond acceptors (Lipinski definition) is 4. The molecule has 0 atom stereocenters. The number of carboxylic acid groups (broad SMARTS) is 1. The second kappa shape index (κ2) is 8.59. The second-order valence-corrected chi connectivity index (χ2v) is 1.67. The van der Waals surface area contributed by atoms with E-state index in [0.717, 1.165) is 0 Å². The molecule has 3 nitrogen and oxygen atoms in total. The average Bonchev–Trinajstić information content (AvgIpc) is 1.36. The van der Waals surface area contributed by atoms with Crippen molar-refractivity contribution in [3.05, 3.63) is 0 Å². The number of thiol groups is 2. The van der Waals surface area contributed by atoms with Gasteiger partial charge >= 0.3 is 29.6 Å². The van der Waals surface area contributed by atoms with Gasteiger partial charge in [0, 0.05) is 19.5 Å². The van der Waals surface area contributed by atoms with E-state index in [1.54, 1.807) is 0 Å². The van der Waals surface area contributed by atoms with Gasteiger partial charge in [-0.1, -0.05) is 25.6 Å². The summed E-state index contributed by atoms with van der Waals surface area (Å²) in [5.41, 5.74) is 0. The van der Waals surface area contributed by atoms with Gasteiger partial charge < -0.3 is 9.90 Å². The molecule has 0 aliphatic heterocycles. The van der Waals surface area contributed by atoms with Crippen LogP contribution in [0.5, 0.6) is 0 Å². The van der Waals surface area contributed by atoms with Crippen LogP contribution in [0.4, 0.5) is 4.79 Å². The van der Waals surface area contributed by atoms with Crippen molar-refractivity contribution in [1.82, 2.24) is 3.71 Å². The summed E-state index contributed by atoms with van der Waals surface area (Å²) in [5.74, 6) is 0. The Labute approximate surface area is 93.3 Å². The molecule has 0 fully saturated rings. The zero-order valence-corrected chi connectivity index (χ0v) is 11.1. The Bertz CT molecular complexity index is 71.1. The number of hydrogen-bond donors (Lipinski definition) is 2. The monoisotopic (exact) mass is 211 g/mol. The van der Waals surface area contributed by atoms with Gasteiger partial charge in [0.2, 0.25) is 0 Å². The van der Waals surface area contributed by atoms with Crippen LogP contribution in [0.2, 0.25) is 0 Å². The van der Waals surface area contributed by atoms with Crippen LogP contribution in [-0.4, -0.2) is 9.80 Å². The van der Waals surface area contributed by atoms with E-state index >= 15 is 0 Å². The Hall–Kier alpha value is 1.59. The van der Waals surface area contributed by atoms with Crippen LogP contribution < -0.4 is 34.7 Å². The maximum atomic E-state index is 9.36. The van der Waals surface area contributed by atoms with Gasteiger partial charge in [-0.15, -0.1) is 0 Å². The fourth-order valence-electron chi connectivity index (χ4n) is 0. The van der Waals surface area contributed by atoms with Crippen LogP contribution in [0.15, 0.2) is 0 Å². The van der Waals surface area contributed by atoms with Gasteiger partial charge in [-0.25, -0.2) is 3.71 Å². The molecular weight excluding hydrogens is 211 g/mol. The van der Waals surface area contributed by atoms with Crippen LogP contribution in [-0.2, 0) is 19.5 Å². The van der Waals surface area contributed by atoms with E-state index in [0.29, 0.717) is 3.71 Å². The standard InChI is InChI=1S/CH3NO2S2.Na.Zn/c3-1(4)2(5)6;;/h5-6H,(H,3,4);;/q;+1;/p-1. The molecule has 0 radical (unpaired) electrons. The predicted octanol–water partition coefficient (Wildman–Crippen LogP) is -3.68. The molecule has 0 aromatic rings. The summed E-state index contributed by atoms with van der Waals surface area (Å²) in [4.78, 5) is 9.36. The molecule has 0 aromatic carbocycles. The number of carbonyl (C=O) groups is 1. The Morgan fingerprint density at radius 2 is 1.62 bits per heavy atom.